The van der Waals surface area contributed by atoms with Crippen molar-refractivity contribution in [3.63, 3.8) is 0 Å². The maximum Gasteiger partial charge on any atom is 0.252 e. The first-order valence-corrected chi connectivity index (χ1v) is 8.31. The van der Waals surface area contributed by atoms with E-state index in [-0.39, 0.29) is 16.8 Å². The van der Waals surface area contributed by atoms with Crippen molar-refractivity contribution in [1.82, 2.24) is 10.0 Å². The zero-order chi connectivity index (χ0) is 14.0. The summed E-state index contributed by atoms with van der Waals surface area (Å²) in [4.78, 5) is 11.9. The molecule has 1 saturated carbocycles. The average Bonchev–Trinajstić information content (AvgIpc) is 3.12. The number of rotatable bonds is 5. The van der Waals surface area contributed by atoms with Gasteiger partial charge in [-0.05, 0) is 53.9 Å². The SMILES string of the molecule is CCNC(=O)c1cc(S(=O)(=O)NC2CC2)ccc1Br. The van der Waals surface area contributed by atoms with Gasteiger partial charge in [0.25, 0.3) is 5.91 Å². The molecule has 2 rings (SSSR count). The Labute approximate surface area is 121 Å². The minimum Gasteiger partial charge on any atom is -0.352 e. The van der Waals surface area contributed by atoms with Gasteiger partial charge in [0.1, 0.15) is 0 Å². The van der Waals surface area contributed by atoms with Crippen molar-refractivity contribution in [2.45, 2.75) is 30.7 Å². The number of carbonyl (C=O) groups excluding carboxylic acids is 1. The van der Waals surface area contributed by atoms with Gasteiger partial charge >= 0.3 is 0 Å². The molecule has 0 spiro atoms. The Hall–Kier alpha value is -0.920. The standard InChI is InChI=1S/C12H15BrN2O3S/c1-2-14-12(16)10-7-9(5-6-11(10)13)19(17,18)15-8-3-4-8/h5-8,15H,2-4H2,1H3,(H,14,16). The third-order valence-electron chi connectivity index (χ3n) is 2.73. The first-order valence-electron chi connectivity index (χ1n) is 6.04. The Morgan fingerprint density at radius 3 is 2.68 bits per heavy atom. The van der Waals surface area contributed by atoms with Gasteiger partial charge in [0.15, 0.2) is 0 Å². The van der Waals surface area contributed by atoms with E-state index in [0.29, 0.717) is 16.6 Å². The van der Waals surface area contributed by atoms with Gasteiger partial charge in [-0.3, -0.25) is 4.79 Å². The summed E-state index contributed by atoms with van der Waals surface area (Å²) < 4.78 is 27.3. The molecule has 0 radical (unpaired) electrons. The molecule has 104 valence electrons. The lowest BCUT2D eigenvalue weighted by Gasteiger charge is -2.09. The second-order valence-electron chi connectivity index (χ2n) is 4.40. The number of hydrogen-bond acceptors (Lipinski definition) is 3. The zero-order valence-corrected chi connectivity index (χ0v) is 12.8. The highest BCUT2D eigenvalue weighted by Crippen LogP contribution is 2.25. The summed E-state index contributed by atoms with van der Waals surface area (Å²) in [5.74, 6) is -0.294. The molecule has 5 nitrogen and oxygen atoms in total. The fraction of sp³-hybridized carbons (Fsp3) is 0.417. The van der Waals surface area contributed by atoms with Gasteiger partial charge in [-0.1, -0.05) is 0 Å². The van der Waals surface area contributed by atoms with E-state index in [1.807, 2.05) is 0 Å². The van der Waals surface area contributed by atoms with Crippen LogP contribution < -0.4 is 10.0 Å². The van der Waals surface area contributed by atoms with Gasteiger partial charge in [0, 0.05) is 17.1 Å². The Kier molecular flexibility index (Phi) is 4.27. The molecule has 0 heterocycles. The predicted molar refractivity (Wildman–Crippen MR) is 75.5 cm³/mol. The molecule has 2 N–H and O–H groups in total. The van der Waals surface area contributed by atoms with Gasteiger partial charge in [-0.15, -0.1) is 0 Å². The van der Waals surface area contributed by atoms with Gasteiger partial charge < -0.3 is 5.32 Å². The smallest absolute Gasteiger partial charge is 0.252 e. The van der Waals surface area contributed by atoms with E-state index in [1.54, 1.807) is 13.0 Å². The molecular weight excluding hydrogens is 332 g/mol. The summed E-state index contributed by atoms with van der Waals surface area (Å²) in [6.07, 6.45) is 1.75. The second-order valence-corrected chi connectivity index (χ2v) is 6.96. The summed E-state index contributed by atoms with van der Waals surface area (Å²) in [7, 11) is -3.54. The first kappa shape index (κ1) is 14.5. The first-order chi connectivity index (χ1) is 8.94. The number of amides is 1. The highest BCUT2D eigenvalue weighted by Gasteiger charge is 2.28. The topological polar surface area (TPSA) is 75.3 Å². The van der Waals surface area contributed by atoms with Crippen molar-refractivity contribution in [1.29, 1.82) is 0 Å². The largest absolute Gasteiger partial charge is 0.352 e. The van der Waals surface area contributed by atoms with Crippen molar-refractivity contribution in [2.75, 3.05) is 6.54 Å². The summed E-state index contributed by atoms with van der Waals surface area (Å²) in [6, 6.07) is 4.49. The monoisotopic (exact) mass is 346 g/mol. The fourth-order valence-electron chi connectivity index (χ4n) is 1.59. The van der Waals surface area contributed by atoms with E-state index in [4.69, 9.17) is 0 Å². The van der Waals surface area contributed by atoms with Crippen LogP contribution in [0.5, 0.6) is 0 Å². The molecule has 7 heteroatoms. The van der Waals surface area contributed by atoms with Gasteiger partial charge in [-0.25, -0.2) is 13.1 Å². The Balaban J connectivity index is 2.32. The van der Waals surface area contributed by atoms with Crippen molar-refractivity contribution < 1.29 is 13.2 Å². The molecule has 1 aliphatic rings. The molecule has 1 amide bonds. The zero-order valence-electron chi connectivity index (χ0n) is 10.4. The van der Waals surface area contributed by atoms with Crippen LogP contribution in [0.4, 0.5) is 0 Å². The fourth-order valence-corrected chi connectivity index (χ4v) is 3.35. The van der Waals surface area contributed by atoms with Crippen LogP contribution in [0.3, 0.4) is 0 Å². The molecule has 0 unspecified atom stereocenters. The number of nitrogens with one attached hydrogen (secondary N) is 2. The number of benzene rings is 1. The third-order valence-corrected chi connectivity index (χ3v) is 4.94. The van der Waals surface area contributed by atoms with Gasteiger partial charge in [0.05, 0.1) is 10.5 Å². The summed E-state index contributed by atoms with van der Waals surface area (Å²) in [5, 5.41) is 2.65. The van der Waals surface area contributed by atoms with Crippen molar-refractivity contribution in [2.24, 2.45) is 0 Å². The number of carbonyl (C=O) groups is 1. The Morgan fingerprint density at radius 2 is 2.11 bits per heavy atom. The number of sulfonamides is 1. The molecule has 0 atom stereocenters. The molecule has 1 aromatic carbocycles. The molecule has 0 bridgehead atoms. The molecular formula is C12H15BrN2O3S. The van der Waals surface area contributed by atoms with Crippen LogP contribution in [0.25, 0.3) is 0 Å². The molecule has 0 aromatic heterocycles. The molecule has 0 saturated heterocycles. The van der Waals surface area contributed by atoms with Crippen molar-refractivity contribution in [3.05, 3.63) is 28.2 Å². The van der Waals surface area contributed by atoms with Gasteiger partial charge in [-0.2, -0.15) is 0 Å². The van der Waals surface area contributed by atoms with E-state index in [2.05, 4.69) is 26.0 Å². The van der Waals surface area contributed by atoms with Crippen LogP contribution in [0.15, 0.2) is 27.6 Å². The molecule has 1 aromatic rings. The summed E-state index contributed by atoms with van der Waals surface area (Å²) in [6.45, 7) is 2.30. The highest BCUT2D eigenvalue weighted by molar-refractivity contribution is 9.10. The normalized spacial score (nSPS) is 15.3. The van der Waals surface area contributed by atoms with E-state index in [0.717, 1.165) is 12.8 Å². The lowest BCUT2D eigenvalue weighted by Crippen LogP contribution is -2.27. The van der Waals surface area contributed by atoms with Crippen LogP contribution in [-0.4, -0.2) is 26.9 Å². The highest BCUT2D eigenvalue weighted by atomic mass is 79.9. The van der Waals surface area contributed by atoms with E-state index in [1.165, 1.54) is 12.1 Å². The van der Waals surface area contributed by atoms with Crippen LogP contribution in [0.1, 0.15) is 30.1 Å². The van der Waals surface area contributed by atoms with Crippen LogP contribution in [0, 0.1) is 0 Å². The van der Waals surface area contributed by atoms with Gasteiger partial charge in [0.2, 0.25) is 10.0 Å². The van der Waals surface area contributed by atoms with E-state index < -0.39 is 10.0 Å². The van der Waals surface area contributed by atoms with E-state index in [9.17, 15) is 13.2 Å². The quantitative estimate of drug-likeness (QED) is 0.850. The predicted octanol–water partition coefficient (Wildman–Crippen LogP) is 1.64. The molecule has 1 aliphatic carbocycles. The summed E-state index contributed by atoms with van der Waals surface area (Å²) in [5.41, 5.74) is 0.320. The Bertz CT molecular complexity index is 597. The summed E-state index contributed by atoms with van der Waals surface area (Å²) >= 11 is 3.25. The molecule has 19 heavy (non-hydrogen) atoms. The molecule has 0 aliphatic heterocycles. The maximum atomic E-state index is 12.1. The molecule has 1 fully saturated rings. The maximum absolute atomic E-state index is 12.1. The lowest BCUT2D eigenvalue weighted by molar-refractivity contribution is 0.0955. The minimum atomic E-state index is -3.54. The van der Waals surface area contributed by atoms with Crippen molar-refractivity contribution in [3.8, 4) is 0 Å². The minimum absolute atomic E-state index is 0.0431. The lowest BCUT2D eigenvalue weighted by atomic mass is 10.2. The second kappa shape index (κ2) is 5.60. The van der Waals surface area contributed by atoms with E-state index >= 15 is 0 Å². The van der Waals surface area contributed by atoms with Crippen molar-refractivity contribution >= 4 is 31.9 Å². The average molecular weight is 347 g/mol. The van der Waals surface area contributed by atoms with Crippen LogP contribution in [-0.2, 0) is 10.0 Å². The Morgan fingerprint density at radius 1 is 1.42 bits per heavy atom. The number of halogens is 1. The third kappa shape index (κ3) is 3.55. The number of hydrogen-bond donors (Lipinski definition) is 2. The van der Waals surface area contributed by atoms with Crippen LogP contribution in [0.2, 0.25) is 0 Å². The van der Waals surface area contributed by atoms with Crippen LogP contribution >= 0.6 is 15.9 Å².